The van der Waals surface area contributed by atoms with Gasteiger partial charge in [0.05, 0.1) is 13.3 Å². The highest BCUT2D eigenvalue weighted by atomic mass is 16.5. The smallest absolute Gasteiger partial charge is 0.271 e. The van der Waals surface area contributed by atoms with E-state index in [2.05, 4.69) is 10.5 Å². The number of benzene rings is 2. The van der Waals surface area contributed by atoms with E-state index in [1.807, 2.05) is 49.4 Å². The van der Waals surface area contributed by atoms with Crippen LogP contribution in [0.5, 0.6) is 5.75 Å². The first-order valence-corrected chi connectivity index (χ1v) is 6.23. The molecule has 0 aliphatic rings. The molecule has 0 spiro atoms. The van der Waals surface area contributed by atoms with Crippen molar-refractivity contribution in [2.75, 3.05) is 7.11 Å². The summed E-state index contributed by atoms with van der Waals surface area (Å²) in [6.07, 6.45) is 1.59. The second kappa shape index (κ2) is 6.52. The molecule has 4 heteroatoms. The Morgan fingerprint density at radius 2 is 1.95 bits per heavy atom. The van der Waals surface area contributed by atoms with E-state index in [4.69, 9.17) is 4.74 Å². The summed E-state index contributed by atoms with van der Waals surface area (Å²) in [4.78, 5) is 11.8. The number of amides is 1. The molecule has 0 aliphatic carbocycles. The Balaban J connectivity index is 1.97. The number of methoxy groups -OCH3 is 1. The van der Waals surface area contributed by atoms with Crippen LogP contribution in [0, 0.1) is 6.92 Å². The van der Waals surface area contributed by atoms with Crippen LogP contribution in [0.3, 0.4) is 0 Å². The number of hydrogen-bond donors (Lipinski definition) is 1. The molecule has 0 heterocycles. The monoisotopic (exact) mass is 268 g/mol. The molecular formula is C16H16N2O2. The van der Waals surface area contributed by atoms with E-state index in [-0.39, 0.29) is 5.91 Å². The molecular weight excluding hydrogens is 252 g/mol. The summed E-state index contributed by atoms with van der Waals surface area (Å²) in [6, 6.07) is 14.8. The maximum Gasteiger partial charge on any atom is 0.271 e. The van der Waals surface area contributed by atoms with E-state index in [9.17, 15) is 4.79 Å². The zero-order valence-electron chi connectivity index (χ0n) is 11.5. The maximum absolute atomic E-state index is 11.8. The molecule has 0 fully saturated rings. The Labute approximate surface area is 118 Å². The largest absolute Gasteiger partial charge is 0.497 e. The maximum atomic E-state index is 11.8. The van der Waals surface area contributed by atoms with E-state index in [0.29, 0.717) is 5.56 Å². The number of hydrazone groups is 1. The molecule has 0 atom stereocenters. The van der Waals surface area contributed by atoms with Crippen LogP contribution < -0.4 is 10.2 Å². The number of ether oxygens (including phenoxy) is 1. The lowest BCUT2D eigenvalue weighted by atomic mass is 10.1. The molecule has 0 bridgehead atoms. The fourth-order valence-corrected chi connectivity index (χ4v) is 1.71. The van der Waals surface area contributed by atoms with Crippen LogP contribution in [0.4, 0.5) is 0 Å². The van der Waals surface area contributed by atoms with Crippen molar-refractivity contribution in [2.24, 2.45) is 5.10 Å². The Kier molecular flexibility index (Phi) is 4.50. The van der Waals surface area contributed by atoms with Crippen LogP contribution in [-0.2, 0) is 0 Å². The standard InChI is InChI=1S/C16H16N2O2/c1-12-4-3-5-14(10-12)16(19)18-17-11-13-6-8-15(20-2)9-7-13/h3-11H,1-2H3,(H,18,19)/b17-11-. The molecule has 0 aromatic heterocycles. The van der Waals surface area contributed by atoms with Crippen LogP contribution in [0.1, 0.15) is 21.5 Å². The van der Waals surface area contributed by atoms with Gasteiger partial charge in [-0.1, -0.05) is 17.7 Å². The molecule has 0 aliphatic heterocycles. The molecule has 2 aromatic carbocycles. The number of rotatable bonds is 4. The van der Waals surface area contributed by atoms with Gasteiger partial charge in [0.1, 0.15) is 5.75 Å². The van der Waals surface area contributed by atoms with Gasteiger partial charge < -0.3 is 4.74 Å². The Morgan fingerprint density at radius 1 is 1.20 bits per heavy atom. The third-order valence-electron chi connectivity index (χ3n) is 2.78. The highest BCUT2D eigenvalue weighted by molar-refractivity contribution is 5.95. The molecule has 2 rings (SSSR count). The summed E-state index contributed by atoms with van der Waals surface area (Å²) < 4.78 is 5.07. The Bertz CT molecular complexity index is 619. The van der Waals surface area contributed by atoms with Crippen LogP contribution in [-0.4, -0.2) is 19.2 Å². The van der Waals surface area contributed by atoms with Crippen molar-refractivity contribution in [1.29, 1.82) is 0 Å². The third-order valence-corrected chi connectivity index (χ3v) is 2.78. The molecule has 0 radical (unpaired) electrons. The average molecular weight is 268 g/mol. The summed E-state index contributed by atoms with van der Waals surface area (Å²) in [6.45, 7) is 1.94. The number of aryl methyl sites for hydroxylation is 1. The van der Waals surface area contributed by atoms with Gasteiger partial charge in [-0.2, -0.15) is 5.10 Å². The van der Waals surface area contributed by atoms with E-state index >= 15 is 0 Å². The van der Waals surface area contributed by atoms with Gasteiger partial charge in [0.15, 0.2) is 0 Å². The molecule has 20 heavy (non-hydrogen) atoms. The number of nitrogens with one attached hydrogen (secondary N) is 1. The summed E-state index contributed by atoms with van der Waals surface area (Å²) >= 11 is 0. The van der Waals surface area contributed by atoms with E-state index in [1.165, 1.54) is 0 Å². The molecule has 4 nitrogen and oxygen atoms in total. The lowest BCUT2D eigenvalue weighted by Gasteiger charge is -2.01. The normalized spacial score (nSPS) is 10.5. The van der Waals surface area contributed by atoms with E-state index < -0.39 is 0 Å². The van der Waals surface area contributed by atoms with Crippen molar-refractivity contribution < 1.29 is 9.53 Å². The number of hydrogen-bond acceptors (Lipinski definition) is 3. The van der Waals surface area contributed by atoms with Gasteiger partial charge in [0.25, 0.3) is 5.91 Å². The van der Waals surface area contributed by atoms with Crippen LogP contribution >= 0.6 is 0 Å². The van der Waals surface area contributed by atoms with Gasteiger partial charge in [-0.15, -0.1) is 0 Å². The fourth-order valence-electron chi connectivity index (χ4n) is 1.71. The molecule has 1 N–H and O–H groups in total. The van der Waals surface area contributed by atoms with Crippen LogP contribution in [0.25, 0.3) is 0 Å². The van der Waals surface area contributed by atoms with Crippen molar-refractivity contribution in [3.05, 3.63) is 65.2 Å². The highest BCUT2D eigenvalue weighted by Gasteiger charge is 2.03. The van der Waals surface area contributed by atoms with Gasteiger partial charge >= 0.3 is 0 Å². The minimum atomic E-state index is -0.224. The van der Waals surface area contributed by atoms with Gasteiger partial charge in [-0.25, -0.2) is 5.43 Å². The zero-order chi connectivity index (χ0) is 14.4. The lowest BCUT2D eigenvalue weighted by Crippen LogP contribution is -2.17. The van der Waals surface area contributed by atoms with Gasteiger partial charge in [-0.3, -0.25) is 4.79 Å². The summed E-state index contributed by atoms with van der Waals surface area (Å²) in [5.74, 6) is 0.560. The van der Waals surface area contributed by atoms with Crippen molar-refractivity contribution in [3.63, 3.8) is 0 Å². The lowest BCUT2D eigenvalue weighted by molar-refractivity contribution is 0.0955. The molecule has 0 saturated heterocycles. The van der Waals surface area contributed by atoms with E-state index in [1.54, 1.807) is 19.4 Å². The zero-order valence-corrected chi connectivity index (χ0v) is 11.5. The number of carbonyl (C=O) groups excluding carboxylic acids is 1. The second-order valence-corrected chi connectivity index (χ2v) is 4.34. The predicted octanol–water partition coefficient (Wildman–Crippen LogP) is 2.77. The van der Waals surface area contributed by atoms with Gasteiger partial charge in [0, 0.05) is 5.56 Å². The van der Waals surface area contributed by atoms with Crippen molar-refractivity contribution in [2.45, 2.75) is 6.92 Å². The first-order valence-electron chi connectivity index (χ1n) is 6.23. The summed E-state index contributed by atoms with van der Waals surface area (Å²) in [7, 11) is 1.62. The minimum Gasteiger partial charge on any atom is -0.497 e. The second-order valence-electron chi connectivity index (χ2n) is 4.34. The van der Waals surface area contributed by atoms with Gasteiger partial charge in [-0.05, 0) is 48.9 Å². The molecule has 1 amide bonds. The molecule has 0 unspecified atom stereocenters. The Morgan fingerprint density at radius 3 is 2.60 bits per heavy atom. The Hall–Kier alpha value is -2.62. The first kappa shape index (κ1) is 13.8. The first-order chi connectivity index (χ1) is 9.69. The quantitative estimate of drug-likeness (QED) is 0.684. The fraction of sp³-hybridized carbons (Fsp3) is 0.125. The van der Waals surface area contributed by atoms with Crippen LogP contribution in [0.15, 0.2) is 53.6 Å². The molecule has 2 aromatic rings. The SMILES string of the molecule is COc1ccc(/C=N\NC(=O)c2cccc(C)c2)cc1. The summed E-state index contributed by atoms with van der Waals surface area (Å²) in [5.41, 5.74) is 5.02. The number of nitrogens with zero attached hydrogens (tertiary/aromatic N) is 1. The third kappa shape index (κ3) is 3.68. The van der Waals surface area contributed by atoms with Gasteiger partial charge in [0.2, 0.25) is 0 Å². The summed E-state index contributed by atoms with van der Waals surface area (Å²) in [5, 5.41) is 3.94. The highest BCUT2D eigenvalue weighted by Crippen LogP contribution is 2.09. The molecule has 0 saturated carbocycles. The van der Waals surface area contributed by atoms with Crippen molar-refractivity contribution >= 4 is 12.1 Å². The predicted molar refractivity (Wildman–Crippen MR) is 79.2 cm³/mol. The average Bonchev–Trinajstić information content (AvgIpc) is 2.48. The van der Waals surface area contributed by atoms with Crippen LogP contribution in [0.2, 0.25) is 0 Å². The minimum absolute atomic E-state index is 0.224. The van der Waals surface area contributed by atoms with Crippen molar-refractivity contribution in [3.8, 4) is 5.75 Å². The van der Waals surface area contributed by atoms with Crippen molar-refractivity contribution in [1.82, 2.24) is 5.43 Å². The van der Waals surface area contributed by atoms with E-state index in [0.717, 1.165) is 16.9 Å². The number of carbonyl (C=O) groups is 1. The topological polar surface area (TPSA) is 50.7 Å². The molecule has 102 valence electrons.